The predicted octanol–water partition coefficient (Wildman–Crippen LogP) is 1.42. The number of aryl methyl sites for hydroxylation is 1. The summed E-state index contributed by atoms with van der Waals surface area (Å²) in [7, 11) is 0. The Morgan fingerprint density at radius 1 is 1.47 bits per heavy atom. The van der Waals surface area contributed by atoms with Gasteiger partial charge >= 0.3 is 0 Å². The SMILES string of the molecule is Cc1nc2ccc(CC3(CO)COC3)cc2[nH]1. The van der Waals surface area contributed by atoms with Gasteiger partial charge in [0.15, 0.2) is 0 Å². The van der Waals surface area contributed by atoms with E-state index >= 15 is 0 Å². The summed E-state index contributed by atoms with van der Waals surface area (Å²) in [4.78, 5) is 7.61. The molecule has 3 rings (SSSR count). The number of hydrogen-bond acceptors (Lipinski definition) is 3. The average molecular weight is 232 g/mol. The molecule has 4 nitrogen and oxygen atoms in total. The molecule has 2 N–H and O–H groups in total. The third-order valence-corrected chi connectivity index (χ3v) is 3.40. The van der Waals surface area contributed by atoms with E-state index in [2.05, 4.69) is 22.1 Å². The molecule has 0 amide bonds. The van der Waals surface area contributed by atoms with E-state index in [-0.39, 0.29) is 12.0 Å². The molecule has 0 bridgehead atoms. The number of nitrogens with zero attached hydrogens (tertiary/aromatic N) is 1. The Balaban J connectivity index is 1.90. The smallest absolute Gasteiger partial charge is 0.104 e. The number of aromatic amines is 1. The number of hydrogen-bond donors (Lipinski definition) is 2. The molecule has 0 radical (unpaired) electrons. The molecular formula is C13H16N2O2. The monoisotopic (exact) mass is 232 g/mol. The average Bonchev–Trinajstić information content (AvgIpc) is 2.63. The minimum absolute atomic E-state index is 0.0667. The Bertz CT molecular complexity index is 538. The van der Waals surface area contributed by atoms with Crippen molar-refractivity contribution in [1.29, 1.82) is 0 Å². The van der Waals surface area contributed by atoms with E-state index in [0.717, 1.165) is 23.3 Å². The largest absolute Gasteiger partial charge is 0.396 e. The van der Waals surface area contributed by atoms with Gasteiger partial charge in [0.1, 0.15) is 5.82 Å². The molecule has 1 saturated heterocycles. The Morgan fingerprint density at radius 2 is 2.29 bits per heavy atom. The minimum Gasteiger partial charge on any atom is -0.396 e. The van der Waals surface area contributed by atoms with Crippen molar-refractivity contribution in [2.45, 2.75) is 13.3 Å². The van der Waals surface area contributed by atoms with Crippen LogP contribution in [0.1, 0.15) is 11.4 Å². The van der Waals surface area contributed by atoms with Crippen LogP contribution in [-0.2, 0) is 11.2 Å². The third kappa shape index (κ3) is 1.83. The molecule has 4 heteroatoms. The predicted molar refractivity (Wildman–Crippen MR) is 64.9 cm³/mol. The third-order valence-electron chi connectivity index (χ3n) is 3.40. The van der Waals surface area contributed by atoms with Gasteiger partial charge in [-0.2, -0.15) is 0 Å². The van der Waals surface area contributed by atoms with Crippen LogP contribution in [0.25, 0.3) is 11.0 Å². The van der Waals surface area contributed by atoms with Gasteiger partial charge in [0, 0.05) is 5.41 Å². The van der Waals surface area contributed by atoms with E-state index in [0.29, 0.717) is 13.2 Å². The van der Waals surface area contributed by atoms with Crippen LogP contribution >= 0.6 is 0 Å². The number of aliphatic hydroxyl groups excluding tert-OH is 1. The summed E-state index contributed by atoms with van der Waals surface area (Å²) in [5.41, 5.74) is 3.21. The van der Waals surface area contributed by atoms with Crippen LogP contribution in [-0.4, -0.2) is 34.9 Å². The van der Waals surface area contributed by atoms with Crippen LogP contribution in [0.4, 0.5) is 0 Å². The molecule has 1 aromatic heterocycles. The first kappa shape index (κ1) is 10.7. The number of imidazole rings is 1. The maximum atomic E-state index is 9.42. The molecule has 1 aromatic carbocycles. The summed E-state index contributed by atoms with van der Waals surface area (Å²) < 4.78 is 5.21. The molecule has 2 heterocycles. The zero-order chi connectivity index (χ0) is 11.9. The normalized spacial score (nSPS) is 18.2. The zero-order valence-electron chi connectivity index (χ0n) is 9.86. The van der Waals surface area contributed by atoms with E-state index < -0.39 is 0 Å². The van der Waals surface area contributed by atoms with E-state index in [4.69, 9.17) is 4.74 Å². The Labute approximate surface area is 99.6 Å². The van der Waals surface area contributed by atoms with E-state index in [1.54, 1.807) is 0 Å². The van der Waals surface area contributed by atoms with Crippen LogP contribution in [0.3, 0.4) is 0 Å². The van der Waals surface area contributed by atoms with Gasteiger partial charge < -0.3 is 14.8 Å². The van der Waals surface area contributed by atoms with Crippen molar-refractivity contribution in [3.8, 4) is 0 Å². The van der Waals surface area contributed by atoms with Gasteiger partial charge in [-0.05, 0) is 31.0 Å². The quantitative estimate of drug-likeness (QED) is 0.841. The molecule has 1 aliphatic heterocycles. The highest BCUT2D eigenvalue weighted by Gasteiger charge is 2.38. The summed E-state index contributed by atoms with van der Waals surface area (Å²) in [6, 6.07) is 6.22. The van der Waals surface area contributed by atoms with Gasteiger partial charge in [0.25, 0.3) is 0 Å². The molecule has 0 saturated carbocycles. The van der Waals surface area contributed by atoms with Gasteiger partial charge in [-0.15, -0.1) is 0 Å². The van der Waals surface area contributed by atoms with Gasteiger partial charge in [-0.3, -0.25) is 0 Å². The number of aromatic nitrogens is 2. The first-order valence-corrected chi connectivity index (χ1v) is 5.85. The number of nitrogens with one attached hydrogen (secondary N) is 1. The zero-order valence-corrected chi connectivity index (χ0v) is 9.86. The topological polar surface area (TPSA) is 58.1 Å². The molecule has 0 spiro atoms. The summed E-state index contributed by atoms with van der Waals surface area (Å²) in [6.45, 7) is 3.45. The van der Waals surface area contributed by atoms with E-state index in [9.17, 15) is 5.11 Å². The molecule has 1 aliphatic rings. The van der Waals surface area contributed by atoms with Crippen molar-refractivity contribution < 1.29 is 9.84 Å². The van der Waals surface area contributed by atoms with Gasteiger partial charge in [-0.1, -0.05) is 6.07 Å². The maximum Gasteiger partial charge on any atom is 0.104 e. The number of H-pyrrole nitrogens is 1. The van der Waals surface area contributed by atoms with Crippen molar-refractivity contribution in [3.63, 3.8) is 0 Å². The summed E-state index contributed by atoms with van der Waals surface area (Å²) in [5, 5.41) is 9.42. The lowest BCUT2D eigenvalue weighted by Gasteiger charge is -2.40. The van der Waals surface area contributed by atoms with Crippen LogP contribution in [0.5, 0.6) is 0 Å². The van der Waals surface area contributed by atoms with E-state index in [1.165, 1.54) is 5.56 Å². The summed E-state index contributed by atoms with van der Waals surface area (Å²) in [6.07, 6.45) is 0.859. The highest BCUT2D eigenvalue weighted by Crippen LogP contribution is 2.31. The first-order valence-electron chi connectivity index (χ1n) is 5.85. The van der Waals surface area contributed by atoms with Gasteiger partial charge in [0.2, 0.25) is 0 Å². The number of aliphatic hydroxyl groups is 1. The Kier molecular flexibility index (Phi) is 2.42. The van der Waals surface area contributed by atoms with E-state index in [1.807, 2.05) is 13.0 Å². The second-order valence-electron chi connectivity index (χ2n) is 5.00. The lowest BCUT2D eigenvalue weighted by Crippen LogP contribution is -2.47. The second kappa shape index (κ2) is 3.82. The molecule has 0 aliphatic carbocycles. The van der Waals surface area contributed by atoms with Crippen LogP contribution < -0.4 is 0 Å². The molecule has 90 valence electrons. The van der Waals surface area contributed by atoms with Gasteiger partial charge in [0.05, 0.1) is 30.9 Å². The fourth-order valence-electron chi connectivity index (χ4n) is 2.37. The maximum absolute atomic E-state index is 9.42. The van der Waals surface area contributed by atoms with Crippen LogP contribution in [0, 0.1) is 12.3 Å². The Hall–Kier alpha value is -1.39. The molecule has 2 aromatic rings. The fourth-order valence-corrected chi connectivity index (χ4v) is 2.37. The van der Waals surface area contributed by atoms with Crippen molar-refractivity contribution in [3.05, 3.63) is 29.6 Å². The first-order chi connectivity index (χ1) is 8.21. The van der Waals surface area contributed by atoms with Gasteiger partial charge in [-0.25, -0.2) is 4.98 Å². The standard InChI is InChI=1S/C13H16N2O2/c1-9-14-11-3-2-10(4-12(11)15-9)5-13(6-16)7-17-8-13/h2-4,16H,5-8H2,1H3,(H,14,15). The molecule has 1 fully saturated rings. The number of rotatable bonds is 3. The lowest BCUT2D eigenvalue weighted by molar-refractivity contribution is -0.135. The lowest BCUT2D eigenvalue weighted by atomic mass is 9.80. The van der Waals surface area contributed by atoms with Crippen LogP contribution in [0.2, 0.25) is 0 Å². The second-order valence-corrected chi connectivity index (χ2v) is 5.00. The summed E-state index contributed by atoms with van der Waals surface area (Å²) in [5.74, 6) is 0.931. The molecular weight excluding hydrogens is 216 g/mol. The van der Waals surface area contributed by atoms with Crippen LogP contribution in [0.15, 0.2) is 18.2 Å². The minimum atomic E-state index is -0.0667. The highest BCUT2D eigenvalue weighted by atomic mass is 16.5. The Morgan fingerprint density at radius 3 is 2.94 bits per heavy atom. The molecule has 0 atom stereocenters. The molecule has 0 unspecified atom stereocenters. The number of benzene rings is 1. The number of fused-ring (bicyclic) bond motifs is 1. The molecule has 17 heavy (non-hydrogen) atoms. The number of ether oxygens (including phenoxy) is 1. The van der Waals surface area contributed by atoms with Crippen molar-refractivity contribution >= 4 is 11.0 Å². The van der Waals surface area contributed by atoms with Crippen molar-refractivity contribution in [2.75, 3.05) is 19.8 Å². The van der Waals surface area contributed by atoms with Crippen molar-refractivity contribution in [1.82, 2.24) is 9.97 Å². The summed E-state index contributed by atoms with van der Waals surface area (Å²) >= 11 is 0. The fraction of sp³-hybridized carbons (Fsp3) is 0.462. The van der Waals surface area contributed by atoms with Crippen molar-refractivity contribution in [2.24, 2.45) is 5.41 Å². The highest BCUT2D eigenvalue weighted by molar-refractivity contribution is 5.75.